The van der Waals surface area contributed by atoms with Crippen molar-refractivity contribution in [2.45, 2.75) is 70.6 Å². The summed E-state index contributed by atoms with van der Waals surface area (Å²) in [5, 5.41) is 5.65. The summed E-state index contributed by atoms with van der Waals surface area (Å²) in [6, 6.07) is 13.8. The highest BCUT2D eigenvalue weighted by Gasteiger charge is 2.18. The van der Waals surface area contributed by atoms with E-state index in [1.54, 1.807) is 0 Å². The highest BCUT2D eigenvalue weighted by molar-refractivity contribution is 7.80. The maximum absolute atomic E-state index is 4.61. The molecular formula is C24H30S. The van der Waals surface area contributed by atoms with Crippen LogP contribution in [0.1, 0.15) is 76.0 Å². The third-order valence-electron chi connectivity index (χ3n) is 5.22. The maximum Gasteiger partial charge on any atom is 0.00464 e. The predicted octanol–water partition coefficient (Wildman–Crippen LogP) is 7.87. The molecule has 0 saturated heterocycles. The molecule has 0 fully saturated rings. The number of hydrogen-bond acceptors (Lipinski definition) is 1. The van der Waals surface area contributed by atoms with Gasteiger partial charge in [0.05, 0.1) is 0 Å². The molecular weight excluding hydrogens is 320 g/mol. The van der Waals surface area contributed by atoms with Crippen LogP contribution in [0.4, 0.5) is 0 Å². The van der Waals surface area contributed by atoms with Gasteiger partial charge in [-0.25, -0.2) is 0 Å². The second-order valence-corrected chi connectivity index (χ2v) is 8.37. The van der Waals surface area contributed by atoms with Gasteiger partial charge in [-0.1, -0.05) is 65.3 Å². The lowest BCUT2D eigenvalue weighted by Crippen LogP contribution is -2.00. The topological polar surface area (TPSA) is 0 Å². The fraction of sp³-hybridized carbons (Fsp3) is 0.417. The third kappa shape index (κ3) is 3.44. The zero-order valence-corrected chi connectivity index (χ0v) is 17.1. The van der Waals surface area contributed by atoms with Crippen LogP contribution < -0.4 is 0 Å². The monoisotopic (exact) mass is 350 g/mol. The quantitative estimate of drug-likeness (QED) is 0.351. The molecule has 1 heteroatoms. The number of benzene rings is 3. The van der Waals surface area contributed by atoms with Gasteiger partial charge in [-0.3, -0.25) is 0 Å². The van der Waals surface area contributed by atoms with E-state index < -0.39 is 0 Å². The molecule has 3 rings (SSSR count). The van der Waals surface area contributed by atoms with Gasteiger partial charge in [0.15, 0.2) is 0 Å². The van der Waals surface area contributed by atoms with E-state index >= 15 is 0 Å². The van der Waals surface area contributed by atoms with Gasteiger partial charge in [0.2, 0.25) is 0 Å². The molecule has 0 aliphatic carbocycles. The SMILES string of the molecule is CCCCc1ccc2c(C(C)C)c3cc(S)ccc3c(C(C)C)c2c1. The number of thiol groups is 1. The number of rotatable bonds is 5. The largest absolute Gasteiger partial charge is 0.143 e. The maximum atomic E-state index is 4.61. The minimum Gasteiger partial charge on any atom is -0.143 e. The Balaban J connectivity index is 2.44. The van der Waals surface area contributed by atoms with Crippen molar-refractivity contribution in [3.8, 4) is 0 Å². The van der Waals surface area contributed by atoms with Crippen LogP contribution in [0.3, 0.4) is 0 Å². The highest BCUT2D eigenvalue weighted by Crippen LogP contribution is 2.41. The van der Waals surface area contributed by atoms with E-state index in [9.17, 15) is 0 Å². The lowest BCUT2D eigenvalue weighted by atomic mass is 9.83. The van der Waals surface area contributed by atoms with Gasteiger partial charge >= 0.3 is 0 Å². The van der Waals surface area contributed by atoms with Crippen LogP contribution in [0.25, 0.3) is 21.5 Å². The lowest BCUT2D eigenvalue weighted by molar-refractivity contribution is 0.795. The van der Waals surface area contributed by atoms with Crippen molar-refractivity contribution < 1.29 is 0 Å². The lowest BCUT2D eigenvalue weighted by Gasteiger charge is -2.22. The molecule has 0 heterocycles. The Morgan fingerprint density at radius 1 is 0.760 bits per heavy atom. The number of hydrogen-bond donors (Lipinski definition) is 1. The van der Waals surface area contributed by atoms with Crippen molar-refractivity contribution in [1.29, 1.82) is 0 Å². The highest BCUT2D eigenvalue weighted by atomic mass is 32.1. The number of aryl methyl sites for hydroxylation is 1. The normalized spacial score (nSPS) is 12.0. The summed E-state index contributed by atoms with van der Waals surface area (Å²) in [6.45, 7) is 11.5. The Hall–Kier alpha value is -1.47. The van der Waals surface area contributed by atoms with Gasteiger partial charge < -0.3 is 0 Å². The zero-order valence-electron chi connectivity index (χ0n) is 16.2. The van der Waals surface area contributed by atoms with E-state index in [2.05, 4.69) is 83.6 Å². The Morgan fingerprint density at radius 2 is 1.32 bits per heavy atom. The molecule has 132 valence electrons. The fourth-order valence-electron chi connectivity index (χ4n) is 4.11. The van der Waals surface area contributed by atoms with Gasteiger partial charge in [0.25, 0.3) is 0 Å². The molecule has 0 bridgehead atoms. The Labute approximate surface area is 158 Å². The van der Waals surface area contributed by atoms with E-state index in [4.69, 9.17) is 0 Å². The van der Waals surface area contributed by atoms with Gasteiger partial charge in [-0.05, 0) is 75.0 Å². The van der Waals surface area contributed by atoms with Crippen molar-refractivity contribution in [3.05, 3.63) is 53.1 Å². The van der Waals surface area contributed by atoms with Crippen LogP contribution in [-0.2, 0) is 6.42 Å². The molecule has 3 aromatic carbocycles. The van der Waals surface area contributed by atoms with Crippen molar-refractivity contribution in [2.24, 2.45) is 0 Å². The summed E-state index contributed by atoms with van der Waals surface area (Å²) >= 11 is 4.61. The molecule has 0 N–H and O–H groups in total. The second kappa shape index (κ2) is 7.41. The summed E-state index contributed by atoms with van der Waals surface area (Å²) < 4.78 is 0. The number of unbranched alkanes of at least 4 members (excludes halogenated alkanes) is 1. The Morgan fingerprint density at radius 3 is 1.88 bits per heavy atom. The van der Waals surface area contributed by atoms with Crippen molar-refractivity contribution in [3.63, 3.8) is 0 Å². The Kier molecular flexibility index (Phi) is 5.43. The predicted molar refractivity (Wildman–Crippen MR) is 115 cm³/mol. The van der Waals surface area contributed by atoms with Crippen LogP contribution in [0.2, 0.25) is 0 Å². The molecule has 0 atom stereocenters. The molecule has 0 spiro atoms. The van der Waals surface area contributed by atoms with Crippen LogP contribution in [0, 0.1) is 0 Å². The van der Waals surface area contributed by atoms with Gasteiger partial charge in [0.1, 0.15) is 0 Å². The summed E-state index contributed by atoms with van der Waals surface area (Å²) in [6.07, 6.45) is 3.68. The van der Waals surface area contributed by atoms with E-state index in [1.807, 2.05) is 0 Å². The molecule has 0 saturated carbocycles. The molecule has 0 unspecified atom stereocenters. The molecule has 25 heavy (non-hydrogen) atoms. The zero-order chi connectivity index (χ0) is 18.1. The minimum atomic E-state index is 0.489. The summed E-state index contributed by atoms with van der Waals surface area (Å²) in [5.41, 5.74) is 4.42. The first-order valence-corrected chi connectivity index (χ1v) is 10.1. The Bertz CT molecular complexity index is 903. The molecule has 0 aliphatic heterocycles. The smallest absolute Gasteiger partial charge is 0.00464 e. The van der Waals surface area contributed by atoms with Crippen LogP contribution >= 0.6 is 12.6 Å². The molecule has 0 radical (unpaired) electrons. The van der Waals surface area contributed by atoms with Crippen LogP contribution in [0.15, 0.2) is 41.3 Å². The van der Waals surface area contributed by atoms with Crippen molar-refractivity contribution in [1.82, 2.24) is 0 Å². The van der Waals surface area contributed by atoms with E-state index in [1.165, 1.54) is 57.5 Å². The van der Waals surface area contributed by atoms with E-state index in [0.29, 0.717) is 11.8 Å². The van der Waals surface area contributed by atoms with E-state index in [-0.39, 0.29) is 0 Å². The molecule has 0 amide bonds. The fourth-order valence-corrected chi connectivity index (χ4v) is 4.31. The second-order valence-electron chi connectivity index (χ2n) is 7.85. The minimum absolute atomic E-state index is 0.489. The van der Waals surface area contributed by atoms with Gasteiger partial charge in [0, 0.05) is 4.90 Å². The number of fused-ring (bicyclic) bond motifs is 2. The van der Waals surface area contributed by atoms with Crippen molar-refractivity contribution in [2.75, 3.05) is 0 Å². The molecule has 0 nitrogen and oxygen atoms in total. The standard InChI is InChI=1S/C24H30S/c1-6-7-8-17-9-11-19-21(13-17)23(15(2)3)20-12-10-18(25)14-22(20)24(19)16(4)5/h9-16,25H,6-8H2,1-5H3. The van der Waals surface area contributed by atoms with Crippen LogP contribution in [0.5, 0.6) is 0 Å². The average Bonchev–Trinajstić information content (AvgIpc) is 2.56. The first-order valence-electron chi connectivity index (χ1n) is 9.65. The summed E-state index contributed by atoms with van der Waals surface area (Å²) in [5.74, 6) is 0.987. The molecule has 0 aliphatic rings. The van der Waals surface area contributed by atoms with Crippen molar-refractivity contribution >= 4 is 34.2 Å². The first-order chi connectivity index (χ1) is 11.9. The molecule has 3 aromatic rings. The summed E-state index contributed by atoms with van der Waals surface area (Å²) in [7, 11) is 0. The van der Waals surface area contributed by atoms with Gasteiger partial charge in [-0.2, -0.15) is 0 Å². The third-order valence-corrected chi connectivity index (χ3v) is 5.50. The molecule has 0 aromatic heterocycles. The van der Waals surface area contributed by atoms with Crippen LogP contribution in [-0.4, -0.2) is 0 Å². The summed E-state index contributed by atoms with van der Waals surface area (Å²) in [4.78, 5) is 1.04. The van der Waals surface area contributed by atoms with Gasteiger partial charge in [-0.15, -0.1) is 12.6 Å². The first kappa shape index (κ1) is 18.3. The average molecular weight is 351 g/mol. The van der Waals surface area contributed by atoms with E-state index in [0.717, 1.165) is 4.90 Å².